The summed E-state index contributed by atoms with van der Waals surface area (Å²) >= 11 is 11.8. The molecule has 21 heavy (non-hydrogen) atoms. The number of carboxylic acid groups (broad SMARTS) is 1. The first-order valence-corrected chi connectivity index (χ1v) is 8.70. The van der Waals surface area contributed by atoms with Crippen LogP contribution in [-0.4, -0.2) is 36.4 Å². The van der Waals surface area contributed by atoms with Crippen molar-refractivity contribution in [2.75, 3.05) is 6.54 Å². The Labute approximate surface area is 133 Å². The largest absolute Gasteiger partial charge is 0.480 e. The summed E-state index contributed by atoms with van der Waals surface area (Å²) < 4.78 is 26.5. The summed E-state index contributed by atoms with van der Waals surface area (Å²) in [5.41, 5.74) is 0. The molecule has 116 valence electrons. The Morgan fingerprint density at radius 2 is 1.90 bits per heavy atom. The van der Waals surface area contributed by atoms with Gasteiger partial charge in [-0.3, -0.25) is 4.79 Å². The Bertz CT molecular complexity index is 642. The molecule has 0 bridgehead atoms. The van der Waals surface area contributed by atoms with Crippen molar-refractivity contribution in [2.45, 2.75) is 36.6 Å². The molecule has 0 spiro atoms. The third kappa shape index (κ3) is 3.69. The fourth-order valence-corrected chi connectivity index (χ4v) is 4.91. The van der Waals surface area contributed by atoms with E-state index in [1.165, 1.54) is 18.2 Å². The maximum absolute atomic E-state index is 12.7. The zero-order chi connectivity index (χ0) is 15.6. The van der Waals surface area contributed by atoms with Gasteiger partial charge in [0.15, 0.2) is 0 Å². The average Bonchev–Trinajstić information content (AvgIpc) is 2.92. The molecule has 5 nitrogen and oxygen atoms in total. The van der Waals surface area contributed by atoms with Crippen molar-refractivity contribution < 1.29 is 18.3 Å². The SMILES string of the molecule is O=C(O)CN(C1CCCC1)S(=O)(=O)c1cc(Cl)ccc1Cl. The molecule has 8 heteroatoms. The van der Waals surface area contributed by atoms with E-state index in [1.54, 1.807) is 0 Å². The molecule has 0 aromatic heterocycles. The molecule has 1 aliphatic rings. The lowest BCUT2D eigenvalue weighted by atomic mass is 10.2. The van der Waals surface area contributed by atoms with Crippen LogP contribution in [0.25, 0.3) is 0 Å². The second kappa shape index (κ2) is 6.52. The predicted octanol–water partition coefficient (Wildman–Crippen LogP) is 3.01. The van der Waals surface area contributed by atoms with Gasteiger partial charge in [0, 0.05) is 11.1 Å². The van der Waals surface area contributed by atoms with Crippen LogP contribution in [0.15, 0.2) is 23.1 Å². The topological polar surface area (TPSA) is 74.7 Å². The first-order valence-electron chi connectivity index (χ1n) is 6.51. The lowest BCUT2D eigenvalue weighted by Crippen LogP contribution is -2.42. The molecule has 0 atom stereocenters. The van der Waals surface area contributed by atoms with Gasteiger partial charge in [-0.1, -0.05) is 36.0 Å². The second-order valence-electron chi connectivity index (χ2n) is 4.96. The van der Waals surface area contributed by atoms with Crippen LogP contribution < -0.4 is 0 Å². The minimum absolute atomic E-state index is 0.0350. The summed E-state index contributed by atoms with van der Waals surface area (Å²) in [7, 11) is -4.00. The number of rotatable bonds is 5. The van der Waals surface area contributed by atoms with Gasteiger partial charge in [-0.2, -0.15) is 4.31 Å². The van der Waals surface area contributed by atoms with E-state index < -0.39 is 22.5 Å². The molecule has 0 amide bonds. The van der Waals surface area contributed by atoms with E-state index in [4.69, 9.17) is 28.3 Å². The molecule has 1 N–H and O–H groups in total. The van der Waals surface area contributed by atoms with E-state index >= 15 is 0 Å². The molecule has 1 aromatic carbocycles. The van der Waals surface area contributed by atoms with E-state index in [1.807, 2.05) is 0 Å². The van der Waals surface area contributed by atoms with E-state index in [0.29, 0.717) is 12.8 Å². The zero-order valence-electron chi connectivity index (χ0n) is 11.1. The molecule has 0 saturated heterocycles. The summed E-state index contributed by atoms with van der Waals surface area (Å²) in [6.07, 6.45) is 3.09. The van der Waals surface area contributed by atoms with Crippen molar-refractivity contribution in [3.8, 4) is 0 Å². The van der Waals surface area contributed by atoms with Gasteiger partial charge >= 0.3 is 5.97 Å². The van der Waals surface area contributed by atoms with E-state index in [9.17, 15) is 13.2 Å². The first-order chi connectivity index (χ1) is 9.82. The summed E-state index contributed by atoms with van der Waals surface area (Å²) in [4.78, 5) is 10.9. The molecule has 0 radical (unpaired) electrons. The van der Waals surface area contributed by atoms with Gasteiger partial charge in [-0.15, -0.1) is 0 Å². The van der Waals surface area contributed by atoms with Crippen LogP contribution in [0.1, 0.15) is 25.7 Å². The third-order valence-corrected chi connectivity index (χ3v) is 6.12. The van der Waals surface area contributed by atoms with Gasteiger partial charge in [0.1, 0.15) is 11.4 Å². The highest BCUT2D eigenvalue weighted by atomic mass is 35.5. The number of sulfonamides is 1. The third-order valence-electron chi connectivity index (χ3n) is 3.50. The van der Waals surface area contributed by atoms with Crippen molar-refractivity contribution in [1.29, 1.82) is 0 Å². The van der Waals surface area contributed by atoms with Crippen molar-refractivity contribution in [3.63, 3.8) is 0 Å². The normalized spacial score (nSPS) is 16.5. The van der Waals surface area contributed by atoms with Crippen LogP contribution in [-0.2, 0) is 14.8 Å². The minimum atomic E-state index is -4.00. The van der Waals surface area contributed by atoms with Crippen LogP contribution in [0.2, 0.25) is 10.0 Å². The van der Waals surface area contributed by atoms with Gasteiger partial charge in [0.2, 0.25) is 10.0 Å². The van der Waals surface area contributed by atoms with Gasteiger partial charge in [0.25, 0.3) is 0 Å². The van der Waals surface area contributed by atoms with Crippen LogP contribution in [0.3, 0.4) is 0 Å². The molecule has 1 aliphatic carbocycles. The monoisotopic (exact) mass is 351 g/mol. The highest BCUT2D eigenvalue weighted by Crippen LogP contribution is 2.32. The zero-order valence-corrected chi connectivity index (χ0v) is 13.5. The molecular weight excluding hydrogens is 337 g/mol. The highest BCUT2D eigenvalue weighted by Gasteiger charge is 2.35. The molecule has 0 aliphatic heterocycles. The molecule has 0 heterocycles. The van der Waals surface area contributed by atoms with Crippen LogP contribution in [0.5, 0.6) is 0 Å². The maximum atomic E-state index is 12.7. The Hall–Kier alpha value is -0.820. The van der Waals surface area contributed by atoms with Gasteiger partial charge in [-0.05, 0) is 31.0 Å². The van der Waals surface area contributed by atoms with Gasteiger partial charge in [0.05, 0.1) is 5.02 Å². The number of nitrogens with zero attached hydrogens (tertiary/aromatic N) is 1. The van der Waals surface area contributed by atoms with Gasteiger partial charge < -0.3 is 5.11 Å². The van der Waals surface area contributed by atoms with Crippen molar-refractivity contribution >= 4 is 39.2 Å². The lowest BCUT2D eigenvalue weighted by Gasteiger charge is -2.26. The predicted molar refractivity (Wildman–Crippen MR) is 80.2 cm³/mol. The standard InChI is InChI=1S/C13H15Cl2NO4S/c14-9-5-6-11(15)12(7-9)21(19,20)16(8-13(17)18)10-3-1-2-4-10/h5-7,10H,1-4,8H2,(H,17,18). The number of benzene rings is 1. The number of carbonyl (C=O) groups is 1. The fraction of sp³-hybridized carbons (Fsp3) is 0.462. The summed E-state index contributed by atoms with van der Waals surface area (Å²) in [6.45, 7) is -0.574. The van der Waals surface area contributed by atoms with Crippen LogP contribution >= 0.6 is 23.2 Å². The molecule has 0 unspecified atom stereocenters. The molecule has 1 saturated carbocycles. The molecular formula is C13H15Cl2NO4S. The number of hydrogen-bond acceptors (Lipinski definition) is 3. The number of hydrogen-bond donors (Lipinski definition) is 1. The Morgan fingerprint density at radius 1 is 1.29 bits per heavy atom. The quantitative estimate of drug-likeness (QED) is 0.884. The smallest absolute Gasteiger partial charge is 0.318 e. The molecule has 1 aromatic rings. The first kappa shape index (κ1) is 16.5. The van der Waals surface area contributed by atoms with E-state index in [-0.39, 0.29) is 21.0 Å². The lowest BCUT2D eigenvalue weighted by molar-refractivity contribution is -0.137. The van der Waals surface area contributed by atoms with Crippen LogP contribution in [0, 0.1) is 0 Å². The van der Waals surface area contributed by atoms with E-state index in [2.05, 4.69) is 0 Å². The summed E-state index contributed by atoms with van der Waals surface area (Å²) in [5.74, 6) is -1.19. The van der Waals surface area contributed by atoms with E-state index in [0.717, 1.165) is 17.1 Å². The van der Waals surface area contributed by atoms with Crippen molar-refractivity contribution in [3.05, 3.63) is 28.2 Å². The maximum Gasteiger partial charge on any atom is 0.318 e. The Morgan fingerprint density at radius 3 is 2.48 bits per heavy atom. The molecule has 2 rings (SSSR count). The second-order valence-corrected chi connectivity index (χ2v) is 7.66. The summed E-state index contributed by atoms with van der Waals surface area (Å²) in [5, 5.41) is 9.28. The minimum Gasteiger partial charge on any atom is -0.480 e. The van der Waals surface area contributed by atoms with Crippen molar-refractivity contribution in [1.82, 2.24) is 4.31 Å². The highest BCUT2D eigenvalue weighted by molar-refractivity contribution is 7.89. The number of aliphatic carboxylic acids is 1. The Kier molecular flexibility index (Phi) is 5.14. The van der Waals surface area contributed by atoms with Gasteiger partial charge in [-0.25, -0.2) is 8.42 Å². The summed E-state index contributed by atoms with van der Waals surface area (Å²) in [6, 6.07) is 3.83. The number of halogens is 2. The number of carboxylic acids is 1. The fourth-order valence-electron chi connectivity index (χ4n) is 2.54. The Balaban J connectivity index is 2.45. The molecule has 1 fully saturated rings. The van der Waals surface area contributed by atoms with Crippen LogP contribution in [0.4, 0.5) is 0 Å². The average molecular weight is 352 g/mol. The van der Waals surface area contributed by atoms with Crippen molar-refractivity contribution in [2.24, 2.45) is 0 Å².